The molecular formula is C21H27ClN2O2. The third kappa shape index (κ3) is 5.40. The van der Waals surface area contributed by atoms with E-state index < -0.39 is 6.10 Å². The van der Waals surface area contributed by atoms with Gasteiger partial charge in [-0.3, -0.25) is 4.79 Å². The first kappa shape index (κ1) is 20.1. The van der Waals surface area contributed by atoms with Crippen molar-refractivity contribution in [3.05, 3.63) is 58.6 Å². The van der Waals surface area contributed by atoms with E-state index in [1.165, 1.54) is 5.69 Å². The SMILES string of the molecule is CCN(CC)c1ccc(CNC(=O)C(C)Oc2ccc(Cl)c(C)c2)cc1. The predicted octanol–water partition coefficient (Wildman–Crippen LogP) is 4.58. The van der Waals surface area contributed by atoms with Crippen LogP contribution in [0.2, 0.25) is 5.02 Å². The topological polar surface area (TPSA) is 41.6 Å². The molecule has 0 aliphatic rings. The fraction of sp³-hybridized carbons (Fsp3) is 0.381. The highest BCUT2D eigenvalue weighted by Crippen LogP contribution is 2.22. The zero-order chi connectivity index (χ0) is 19.1. The number of carbonyl (C=O) groups excluding carboxylic acids is 1. The standard InChI is InChI=1S/C21H27ClN2O2/c1-5-24(6-2)18-9-7-17(8-10-18)14-23-21(25)16(4)26-19-11-12-20(22)15(3)13-19/h7-13,16H,5-6,14H2,1-4H3,(H,23,25). The molecule has 0 heterocycles. The number of nitrogens with one attached hydrogen (secondary N) is 1. The Kier molecular flexibility index (Phi) is 7.34. The minimum Gasteiger partial charge on any atom is -0.481 e. The van der Waals surface area contributed by atoms with Crippen LogP contribution in [0, 0.1) is 6.92 Å². The van der Waals surface area contributed by atoms with Gasteiger partial charge in [-0.15, -0.1) is 0 Å². The molecule has 0 spiro atoms. The minimum absolute atomic E-state index is 0.148. The summed E-state index contributed by atoms with van der Waals surface area (Å²) < 4.78 is 5.70. The van der Waals surface area contributed by atoms with Crippen LogP contribution in [-0.2, 0) is 11.3 Å². The molecule has 2 aromatic rings. The molecule has 0 radical (unpaired) electrons. The molecule has 0 aliphatic carbocycles. The van der Waals surface area contributed by atoms with E-state index in [4.69, 9.17) is 16.3 Å². The van der Waals surface area contributed by atoms with E-state index in [1.54, 1.807) is 19.1 Å². The molecule has 0 fully saturated rings. The van der Waals surface area contributed by atoms with Crippen LogP contribution in [0.25, 0.3) is 0 Å². The Labute approximate surface area is 161 Å². The lowest BCUT2D eigenvalue weighted by Gasteiger charge is -2.21. The van der Waals surface area contributed by atoms with Crippen molar-refractivity contribution in [2.45, 2.75) is 40.3 Å². The maximum atomic E-state index is 12.3. The summed E-state index contributed by atoms with van der Waals surface area (Å²) in [5.74, 6) is 0.489. The van der Waals surface area contributed by atoms with Gasteiger partial charge in [-0.05, 0) is 69.2 Å². The van der Waals surface area contributed by atoms with Crippen molar-refractivity contribution < 1.29 is 9.53 Å². The molecule has 5 heteroatoms. The fourth-order valence-corrected chi connectivity index (χ4v) is 2.81. The molecule has 0 aromatic heterocycles. The van der Waals surface area contributed by atoms with Crippen LogP contribution in [0.5, 0.6) is 5.75 Å². The van der Waals surface area contributed by atoms with Gasteiger partial charge in [0, 0.05) is 30.3 Å². The van der Waals surface area contributed by atoms with Crippen molar-refractivity contribution >= 4 is 23.2 Å². The largest absolute Gasteiger partial charge is 0.481 e. The van der Waals surface area contributed by atoms with E-state index in [0.29, 0.717) is 17.3 Å². The Morgan fingerprint density at radius 3 is 2.38 bits per heavy atom. The minimum atomic E-state index is -0.578. The molecule has 1 amide bonds. The van der Waals surface area contributed by atoms with Gasteiger partial charge in [0.15, 0.2) is 6.10 Å². The number of aryl methyl sites for hydroxylation is 1. The number of carbonyl (C=O) groups is 1. The third-order valence-corrected chi connectivity index (χ3v) is 4.77. The second kappa shape index (κ2) is 9.48. The Bertz CT molecular complexity index is 727. The zero-order valence-electron chi connectivity index (χ0n) is 15.9. The molecule has 1 N–H and O–H groups in total. The third-order valence-electron chi connectivity index (χ3n) is 4.34. The zero-order valence-corrected chi connectivity index (χ0v) is 16.6. The lowest BCUT2D eigenvalue weighted by atomic mass is 10.2. The Balaban J connectivity index is 1.88. The molecule has 0 saturated heterocycles. The first-order valence-electron chi connectivity index (χ1n) is 8.99. The normalized spacial score (nSPS) is 11.7. The van der Waals surface area contributed by atoms with Crippen LogP contribution in [0.15, 0.2) is 42.5 Å². The molecule has 4 nitrogen and oxygen atoms in total. The van der Waals surface area contributed by atoms with Gasteiger partial charge in [0.2, 0.25) is 0 Å². The molecule has 2 rings (SSSR count). The maximum Gasteiger partial charge on any atom is 0.261 e. The summed E-state index contributed by atoms with van der Waals surface area (Å²) in [7, 11) is 0. The summed E-state index contributed by atoms with van der Waals surface area (Å²) in [4.78, 5) is 14.6. The summed E-state index contributed by atoms with van der Waals surface area (Å²) in [6.45, 7) is 10.4. The lowest BCUT2D eigenvalue weighted by molar-refractivity contribution is -0.127. The van der Waals surface area contributed by atoms with E-state index in [2.05, 4.69) is 36.2 Å². The van der Waals surface area contributed by atoms with E-state index >= 15 is 0 Å². The Hall–Kier alpha value is -2.20. The number of anilines is 1. The monoisotopic (exact) mass is 374 g/mol. The highest BCUT2D eigenvalue weighted by molar-refractivity contribution is 6.31. The average molecular weight is 375 g/mol. The Morgan fingerprint density at radius 2 is 1.81 bits per heavy atom. The average Bonchev–Trinajstić information content (AvgIpc) is 2.64. The van der Waals surface area contributed by atoms with Gasteiger partial charge < -0.3 is 15.0 Å². The van der Waals surface area contributed by atoms with Crippen molar-refractivity contribution in [1.82, 2.24) is 5.32 Å². The number of halogens is 1. The van der Waals surface area contributed by atoms with Gasteiger partial charge in [-0.1, -0.05) is 23.7 Å². The van der Waals surface area contributed by atoms with E-state index in [0.717, 1.165) is 24.2 Å². The number of rotatable bonds is 8. The van der Waals surface area contributed by atoms with Crippen molar-refractivity contribution in [2.24, 2.45) is 0 Å². The molecular weight excluding hydrogens is 348 g/mol. The number of amides is 1. The van der Waals surface area contributed by atoms with Crippen LogP contribution >= 0.6 is 11.6 Å². The molecule has 0 bridgehead atoms. The molecule has 26 heavy (non-hydrogen) atoms. The number of benzene rings is 2. The van der Waals surface area contributed by atoms with Crippen molar-refractivity contribution in [1.29, 1.82) is 0 Å². The Morgan fingerprint density at radius 1 is 1.15 bits per heavy atom. The van der Waals surface area contributed by atoms with Crippen LogP contribution in [0.4, 0.5) is 5.69 Å². The predicted molar refractivity (Wildman–Crippen MR) is 108 cm³/mol. The number of ether oxygens (including phenoxy) is 1. The van der Waals surface area contributed by atoms with Crippen molar-refractivity contribution in [3.63, 3.8) is 0 Å². The lowest BCUT2D eigenvalue weighted by Crippen LogP contribution is -2.35. The summed E-state index contributed by atoms with van der Waals surface area (Å²) in [6, 6.07) is 13.6. The second-order valence-electron chi connectivity index (χ2n) is 6.23. The summed E-state index contributed by atoms with van der Waals surface area (Å²) in [6.07, 6.45) is -0.578. The number of hydrogen-bond acceptors (Lipinski definition) is 3. The fourth-order valence-electron chi connectivity index (χ4n) is 2.69. The molecule has 0 saturated carbocycles. The van der Waals surface area contributed by atoms with Crippen LogP contribution < -0.4 is 15.0 Å². The number of hydrogen-bond donors (Lipinski definition) is 1. The van der Waals surface area contributed by atoms with Crippen LogP contribution in [0.1, 0.15) is 31.9 Å². The van der Waals surface area contributed by atoms with Crippen LogP contribution in [0.3, 0.4) is 0 Å². The number of nitrogens with zero attached hydrogens (tertiary/aromatic N) is 1. The molecule has 0 aliphatic heterocycles. The van der Waals surface area contributed by atoms with Crippen molar-refractivity contribution in [2.75, 3.05) is 18.0 Å². The molecule has 140 valence electrons. The van der Waals surface area contributed by atoms with Gasteiger partial charge in [0.25, 0.3) is 5.91 Å². The smallest absolute Gasteiger partial charge is 0.261 e. The van der Waals surface area contributed by atoms with E-state index in [1.807, 2.05) is 25.1 Å². The molecule has 1 atom stereocenters. The van der Waals surface area contributed by atoms with E-state index in [9.17, 15) is 4.79 Å². The van der Waals surface area contributed by atoms with Gasteiger partial charge in [-0.25, -0.2) is 0 Å². The summed E-state index contributed by atoms with van der Waals surface area (Å²) >= 11 is 6.01. The van der Waals surface area contributed by atoms with Gasteiger partial charge in [0.05, 0.1) is 0 Å². The van der Waals surface area contributed by atoms with E-state index in [-0.39, 0.29) is 5.91 Å². The van der Waals surface area contributed by atoms with Crippen LogP contribution in [-0.4, -0.2) is 25.1 Å². The van der Waals surface area contributed by atoms with Crippen molar-refractivity contribution in [3.8, 4) is 5.75 Å². The van der Waals surface area contributed by atoms with Gasteiger partial charge in [-0.2, -0.15) is 0 Å². The highest BCUT2D eigenvalue weighted by atomic mass is 35.5. The van der Waals surface area contributed by atoms with Gasteiger partial charge in [0.1, 0.15) is 5.75 Å². The molecule has 2 aromatic carbocycles. The highest BCUT2D eigenvalue weighted by Gasteiger charge is 2.14. The summed E-state index contributed by atoms with van der Waals surface area (Å²) in [5.41, 5.74) is 3.17. The summed E-state index contributed by atoms with van der Waals surface area (Å²) in [5, 5.41) is 3.60. The quantitative estimate of drug-likeness (QED) is 0.735. The second-order valence-corrected chi connectivity index (χ2v) is 6.63. The van der Waals surface area contributed by atoms with Gasteiger partial charge >= 0.3 is 0 Å². The first-order valence-corrected chi connectivity index (χ1v) is 9.36. The maximum absolute atomic E-state index is 12.3. The molecule has 1 unspecified atom stereocenters. The first-order chi connectivity index (χ1) is 12.4.